The molecule has 17 nitrogen and oxygen atoms in total. The van der Waals surface area contributed by atoms with Crippen LogP contribution in [0.1, 0.15) is 81.1 Å². The number of anilines is 1. The lowest BCUT2D eigenvalue weighted by atomic mass is 9.39. The number of aliphatic hydroxyl groups is 7. The molecule has 0 bridgehead atoms. The number of aromatic nitrogens is 4. The number of allylic oxidation sites excluding steroid dienone is 4. The minimum atomic E-state index is -2.15. The molecule has 5 aliphatic rings. The van der Waals surface area contributed by atoms with Gasteiger partial charge in [-0.05, 0) is 70.3 Å². The zero-order valence-corrected chi connectivity index (χ0v) is 34.1. The van der Waals surface area contributed by atoms with Crippen LogP contribution in [0.4, 0.5) is 5.82 Å². The van der Waals surface area contributed by atoms with Crippen LogP contribution in [0.2, 0.25) is 0 Å². The number of imidazole rings is 1. The van der Waals surface area contributed by atoms with Gasteiger partial charge in [0.15, 0.2) is 23.0 Å². The number of nitrogens with one attached hydrogen (secondary N) is 2. The Kier molecular flexibility index (Phi) is 10.2. The van der Waals surface area contributed by atoms with Crippen LogP contribution in [0.5, 0.6) is 0 Å². The third-order valence-electron chi connectivity index (χ3n) is 15.1. The van der Waals surface area contributed by atoms with E-state index in [2.05, 4.69) is 25.3 Å². The molecule has 3 fully saturated rings. The zero-order chi connectivity index (χ0) is 42.7. The Labute approximate surface area is 336 Å². The first-order valence-electron chi connectivity index (χ1n) is 19.9. The molecule has 7 rings (SSSR count). The Morgan fingerprint density at radius 3 is 2.36 bits per heavy atom. The molecule has 3 heterocycles. The number of hydrogen-bond donors (Lipinski definition) is 9. The van der Waals surface area contributed by atoms with Gasteiger partial charge in [-0.25, -0.2) is 15.0 Å². The average Bonchev–Trinajstić information content (AvgIpc) is 3.70. The van der Waals surface area contributed by atoms with Crippen LogP contribution >= 0.6 is 0 Å². The Bertz CT molecular complexity index is 2060. The fourth-order valence-corrected chi connectivity index (χ4v) is 11.4. The number of aromatic amines is 1. The van der Waals surface area contributed by atoms with Gasteiger partial charge in [0.1, 0.15) is 47.6 Å². The summed E-state index contributed by atoms with van der Waals surface area (Å²) in [5.74, 6) is -3.40. The van der Waals surface area contributed by atoms with Crippen molar-refractivity contribution in [3.05, 3.63) is 36.1 Å². The lowest BCUT2D eigenvalue weighted by Crippen LogP contribution is -2.64. The maximum Gasteiger partial charge on any atom is 0.229 e. The summed E-state index contributed by atoms with van der Waals surface area (Å²) in [6.45, 7) is 12.9. The van der Waals surface area contributed by atoms with Crippen molar-refractivity contribution < 1.29 is 59.6 Å². The van der Waals surface area contributed by atoms with Crippen molar-refractivity contribution in [1.82, 2.24) is 19.9 Å². The van der Waals surface area contributed by atoms with Gasteiger partial charge >= 0.3 is 0 Å². The lowest BCUT2D eigenvalue weighted by molar-refractivity contribution is -0.291. The maximum absolute atomic E-state index is 15.0. The number of ketones is 3. The van der Waals surface area contributed by atoms with E-state index in [9.17, 15) is 50.1 Å². The smallest absolute Gasteiger partial charge is 0.229 e. The van der Waals surface area contributed by atoms with Gasteiger partial charge in [0, 0.05) is 30.1 Å². The maximum atomic E-state index is 15.0. The highest BCUT2D eigenvalue weighted by molar-refractivity contribution is 6.02. The second kappa shape index (κ2) is 13.9. The summed E-state index contributed by atoms with van der Waals surface area (Å²) in [4.78, 5) is 58.9. The predicted molar refractivity (Wildman–Crippen MR) is 205 cm³/mol. The minimum absolute atomic E-state index is 0.109. The highest BCUT2D eigenvalue weighted by Gasteiger charge is 2.74. The van der Waals surface area contributed by atoms with Gasteiger partial charge in [0.05, 0.1) is 36.1 Å². The van der Waals surface area contributed by atoms with Crippen LogP contribution in [0, 0.1) is 39.4 Å². The molecule has 17 heteroatoms. The van der Waals surface area contributed by atoms with Crippen LogP contribution in [-0.4, -0.2) is 134 Å². The molecule has 4 aliphatic carbocycles. The van der Waals surface area contributed by atoms with Gasteiger partial charge in [-0.3, -0.25) is 14.4 Å². The van der Waals surface area contributed by atoms with Gasteiger partial charge in [-0.15, -0.1) is 0 Å². The molecule has 2 aromatic rings. The molecule has 0 amide bonds. The van der Waals surface area contributed by atoms with Crippen molar-refractivity contribution in [3.63, 3.8) is 0 Å². The van der Waals surface area contributed by atoms with Crippen molar-refractivity contribution in [3.8, 4) is 0 Å². The number of nitrogens with zero attached hydrogens (tertiary/aromatic N) is 3. The number of carbonyl (C=O) groups excluding carboxylic acids is 3. The van der Waals surface area contributed by atoms with Gasteiger partial charge < -0.3 is 55.5 Å². The zero-order valence-electron chi connectivity index (χ0n) is 34.1. The van der Waals surface area contributed by atoms with Gasteiger partial charge in [0.25, 0.3) is 0 Å². The van der Waals surface area contributed by atoms with E-state index in [1.54, 1.807) is 19.9 Å². The summed E-state index contributed by atoms with van der Waals surface area (Å²) in [5.41, 5.74) is -6.34. The van der Waals surface area contributed by atoms with Crippen LogP contribution in [-0.2, 0) is 23.9 Å². The van der Waals surface area contributed by atoms with Crippen molar-refractivity contribution in [2.45, 2.75) is 135 Å². The van der Waals surface area contributed by atoms with Gasteiger partial charge in [-0.1, -0.05) is 32.4 Å². The van der Waals surface area contributed by atoms with Gasteiger partial charge in [0.2, 0.25) is 12.1 Å². The molecule has 58 heavy (non-hydrogen) atoms. The number of Topliss-reactive ketones (excluding diaryl/α,β-unsaturated/α-hetero) is 3. The predicted octanol–water partition coefficient (Wildman–Crippen LogP) is 0.859. The number of rotatable bonds is 10. The van der Waals surface area contributed by atoms with E-state index < -0.39 is 112 Å². The van der Waals surface area contributed by atoms with Crippen LogP contribution < -0.4 is 5.32 Å². The fraction of sp³-hybridized carbons (Fsp3) is 0.707. The van der Waals surface area contributed by atoms with E-state index in [1.807, 2.05) is 26.8 Å². The topological polar surface area (TPSA) is 278 Å². The van der Waals surface area contributed by atoms with E-state index in [1.165, 1.54) is 33.4 Å². The SMILES string of the molecule is CC1(C)C(=O)C(OC2OC(CO)C(O)C(O)C2O)=CC2C1=CCC1C2(C)C(=O)CC2(C)C(C(C)(O)C(=O)CC(Nc3ncnc4nc[nH]c34)C(C)(C)O)C(O)CC12C. The number of hydrogen-bond acceptors (Lipinski definition) is 16. The molecule has 14 unspecified atom stereocenters. The summed E-state index contributed by atoms with van der Waals surface area (Å²) in [5, 5.41) is 79.9. The van der Waals surface area contributed by atoms with E-state index in [0.717, 1.165) is 0 Å². The third-order valence-corrected chi connectivity index (χ3v) is 15.1. The summed E-state index contributed by atoms with van der Waals surface area (Å²) in [7, 11) is 0. The molecule has 318 valence electrons. The molecule has 1 saturated heterocycles. The minimum Gasteiger partial charge on any atom is -0.459 e. The molecule has 2 saturated carbocycles. The van der Waals surface area contributed by atoms with Crippen LogP contribution in [0.15, 0.2) is 36.1 Å². The highest BCUT2D eigenvalue weighted by atomic mass is 16.7. The van der Waals surface area contributed by atoms with Gasteiger partial charge in [-0.2, -0.15) is 0 Å². The van der Waals surface area contributed by atoms with E-state index in [4.69, 9.17) is 9.47 Å². The van der Waals surface area contributed by atoms with Crippen molar-refractivity contribution in [2.75, 3.05) is 11.9 Å². The van der Waals surface area contributed by atoms with E-state index >= 15 is 0 Å². The Balaban J connectivity index is 1.20. The van der Waals surface area contributed by atoms with Crippen molar-refractivity contribution in [1.29, 1.82) is 0 Å². The number of carbonyl (C=O) groups is 3. The summed E-state index contributed by atoms with van der Waals surface area (Å²) >= 11 is 0. The number of aliphatic hydroxyl groups excluding tert-OH is 5. The number of ether oxygens (including phenoxy) is 2. The first-order valence-corrected chi connectivity index (χ1v) is 19.9. The molecule has 14 atom stereocenters. The molecule has 0 spiro atoms. The Morgan fingerprint density at radius 2 is 1.71 bits per heavy atom. The summed E-state index contributed by atoms with van der Waals surface area (Å²) in [6, 6.07) is -0.952. The molecular weight excluding hydrogens is 754 g/mol. The first-order chi connectivity index (χ1) is 26.8. The van der Waals surface area contributed by atoms with E-state index in [-0.39, 0.29) is 30.8 Å². The standard InChI is InChI=1S/C41H57N5O12/c1-36(2)18-9-10-23-38(5)13-20(48)31(41(8,56)25(49)12-24(37(3,4)55)46-34-27-33(43-16-42-27)44-17-45-34)39(38,6)14-26(50)40(23,7)19(18)11-21(32(36)54)57-35-30(53)29(52)28(51)22(15-47)58-35/h9,11,16-17,19-20,22-24,28-31,35,47-48,51-53,55-56H,10,12-15H2,1-8H3,(H2,42,43,44,45,46). The molecular formula is C41H57N5O12. The second-order valence-electron chi connectivity index (χ2n) is 19.1. The average molecular weight is 812 g/mol. The van der Waals surface area contributed by atoms with Crippen molar-refractivity contribution >= 4 is 34.3 Å². The quantitative estimate of drug-likeness (QED) is 0.151. The molecule has 1 aliphatic heterocycles. The Morgan fingerprint density at radius 1 is 1.02 bits per heavy atom. The molecule has 0 aromatic carbocycles. The number of fused-ring (bicyclic) bond motifs is 6. The normalized spacial score (nSPS) is 40.1. The molecule has 9 N–H and O–H groups in total. The molecule has 2 aromatic heterocycles. The lowest BCUT2D eigenvalue weighted by Gasteiger charge is -2.63. The monoisotopic (exact) mass is 811 g/mol. The summed E-state index contributed by atoms with van der Waals surface area (Å²) in [6.07, 6.45) is -2.89. The van der Waals surface area contributed by atoms with Crippen LogP contribution in [0.3, 0.4) is 0 Å². The summed E-state index contributed by atoms with van der Waals surface area (Å²) < 4.78 is 11.5. The van der Waals surface area contributed by atoms with Crippen molar-refractivity contribution in [2.24, 2.45) is 39.4 Å². The highest BCUT2D eigenvalue weighted by Crippen LogP contribution is 2.74. The number of H-pyrrole nitrogens is 1. The molecule has 0 radical (unpaired) electrons. The van der Waals surface area contributed by atoms with E-state index in [0.29, 0.717) is 29.0 Å². The fourth-order valence-electron chi connectivity index (χ4n) is 11.4. The Hall–Kier alpha value is -3.68. The largest absolute Gasteiger partial charge is 0.459 e. The third kappa shape index (κ3) is 6.10. The first kappa shape index (κ1) is 42.4. The second-order valence-corrected chi connectivity index (χ2v) is 19.1. The van der Waals surface area contributed by atoms with Crippen LogP contribution in [0.25, 0.3) is 11.2 Å².